The molecule has 0 amide bonds. The van der Waals surface area contributed by atoms with E-state index < -0.39 is 11.6 Å². The van der Waals surface area contributed by atoms with E-state index in [1.54, 1.807) is 6.92 Å². The number of benzene rings is 1. The molecule has 0 aromatic heterocycles. The molecule has 0 fully saturated rings. The second-order valence-corrected chi connectivity index (χ2v) is 6.03. The van der Waals surface area contributed by atoms with Gasteiger partial charge in [-0.25, -0.2) is 8.78 Å². The van der Waals surface area contributed by atoms with E-state index in [2.05, 4.69) is 33.0 Å². The first kappa shape index (κ1) is 15.1. The van der Waals surface area contributed by atoms with Gasteiger partial charge in [-0.3, -0.25) is 0 Å². The van der Waals surface area contributed by atoms with Crippen LogP contribution < -0.4 is 5.32 Å². The van der Waals surface area contributed by atoms with Gasteiger partial charge in [-0.15, -0.1) is 0 Å². The predicted molar refractivity (Wildman–Crippen MR) is 71.4 cm³/mol. The molecule has 0 aliphatic rings. The lowest BCUT2D eigenvalue weighted by molar-refractivity contribution is 0.246. The molecule has 0 saturated carbocycles. The van der Waals surface area contributed by atoms with Crippen molar-refractivity contribution in [1.29, 1.82) is 0 Å². The molecule has 1 aromatic rings. The van der Waals surface area contributed by atoms with Crippen LogP contribution in [0.5, 0.6) is 0 Å². The van der Waals surface area contributed by atoms with Gasteiger partial charge < -0.3 is 5.32 Å². The Morgan fingerprint density at radius 2 is 1.61 bits per heavy atom. The van der Waals surface area contributed by atoms with E-state index in [9.17, 15) is 8.78 Å². The number of halogens is 2. The second-order valence-electron chi connectivity index (χ2n) is 6.03. The summed E-state index contributed by atoms with van der Waals surface area (Å²) in [5.74, 6) is -0.549. The zero-order valence-electron chi connectivity index (χ0n) is 11.8. The van der Waals surface area contributed by atoms with Crippen LogP contribution in [0.2, 0.25) is 0 Å². The van der Waals surface area contributed by atoms with Crippen LogP contribution in [0.25, 0.3) is 0 Å². The number of rotatable bonds is 4. The van der Waals surface area contributed by atoms with E-state index in [-0.39, 0.29) is 17.0 Å². The molecule has 0 bridgehead atoms. The smallest absolute Gasteiger partial charge is 0.130 e. The molecular weight excluding hydrogens is 232 g/mol. The van der Waals surface area contributed by atoms with Crippen LogP contribution in [0.15, 0.2) is 18.2 Å². The van der Waals surface area contributed by atoms with E-state index in [1.807, 2.05) is 0 Å². The maximum atomic E-state index is 13.6. The molecule has 0 aliphatic carbocycles. The molecule has 3 heteroatoms. The molecule has 1 N–H and O–H groups in total. The Morgan fingerprint density at radius 3 is 2.06 bits per heavy atom. The maximum Gasteiger partial charge on any atom is 0.130 e. The summed E-state index contributed by atoms with van der Waals surface area (Å²) in [5, 5.41) is 3.21. The van der Waals surface area contributed by atoms with Crippen molar-refractivity contribution in [2.45, 2.75) is 40.7 Å². The lowest BCUT2D eigenvalue weighted by Crippen LogP contribution is -2.32. The van der Waals surface area contributed by atoms with Crippen molar-refractivity contribution in [3.05, 3.63) is 35.4 Å². The summed E-state index contributed by atoms with van der Waals surface area (Å²) in [4.78, 5) is 0. The van der Waals surface area contributed by atoms with Crippen LogP contribution in [0, 0.1) is 23.0 Å². The van der Waals surface area contributed by atoms with Crippen molar-refractivity contribution in [2.24, 2.45) is 11.3 Å². The van der Waals surface area contributed by atoms with E-state index >= 15 is 0 Å². The SMILES string of the molecule is CC(NCC(C)C(C)(C)C)c1c(F)cccc1F. The fourth-order valence-corrected chi connectivity index (χ4v) is 1.69. The molecule has 0 radical (unpaired) electrons. The summed E-state index contributed by atoms with van der Waals surface area (Å²) in [5.41, 5.74) is 0.305. The van der Waals surface area contributed by atoms with Gasteiger partial charge in [0.2, 0.25) is 0 Å². The van der Waals surface area contributed by atoms with E-state index in [1.165, 1.54) is 18.2 Å². The van der Waals surface area contributed by atoms with E-state index in [0.717, 1.165) is 6.54 Å². The molecule has 102 valence electrons. The standard InChI is InChI=1S/C15H23F2N/c1-10(15(3,4)5)9-18-11(2)14-12(16)7-6-8-13(14)17/h6-8,10-11,18H,9H2,1-5H3. The summed E-state index contributed by atoms with van der Waals surface area (Å²) in [7, 11) is 0. The van der Waals surface area contributed by atoms with Crippen LogP contribution in [0.1, 0.15) is 46.2 Å². The third kappa shape index (κ3) is 3.77. The average Bonchev–Trinajstić information content (AvgIpc) is 2.24. The van der Waals surface area contributed by atoms with Gasteiger partial charge in [-0.05, 0) is 36.9 Å². The molecule has 2 unspecified atom stereocenters. The highest BCUT2D eigenvalue weighted by atomic mass is 19.1. The number of hydrogen-bond donors (Lipinski definition) is 1. The van der Waals surface area contributed by atoms with Crippen LogP contribution in [-0.4, -0.2) is 6.54 Å². The normalized spacial score (nSPS) is 15.5. The molecule has 0 aliphatic heterocycles. The van der Waals surface area contributed by atoms with Crippen molar-refractivity contribution >= 4 is 0 Å². The Bertz CT molecular complexity index is 376. The minimum absolute atomic E-state index is 0.124. The lowest BCUT2D eigenvalue weighted by Gasteiger charge is -2.29. The minimum atomic E-state index is -0.488. The fourth-order valence-electron chi connectivity index (χ4n) is 1.69. The Hall–Kier alpha value is -0.960. The Balaban J connectivity index is 2.69. The Kier molecular flexibility index (Phi) is 4.85. The molecular formula is C15H23F2N. The second kappa shape index (κ2) is 5.79. The van der Waals surface area contributed by atoms with Gasteiger partial charge in [-0.1, -0.05) is 33.8 Å². The van der Waals surface area contributed by atoms with Crippen LogP contribution >= 0.6 is 0 Å². The highest BCUT2D eigenvalue weighted by Crippen LogP contribution is 2.26. The molecule has 0 heterocycles. The number of hydrogen-bond acceptors (Lipinski definition) is 1. The van der Waals surface area contributed by atoms with Crippen LogP contribution in [0.3, 0.4) is 0 Å². The van der Waals surface area contributed by atoms with Gasteiger partial charge in [0, 0.05) is 11.6 Å². The van der Waals surface area contributed by atoms with Crippen LogP contribution in [0.4, 0.5) is 8.78 Å². The van der Waals surface area contributed by atoms with Gasteiger partial charge in [-0.2, -0.15) is 0 Å². The highest BCUT2D eigenvalue weighted by molar-refractivity contribution is 5.22. The van der Waals surface area contributed by atoms with E-state index in [0.29, 0.717) is 5.92 Å². The topological polar surface area (TPSA) is 12.0 Å². The first-order valence-electron chi connectivity index (χ1n) is 6.40. The molecule has 0 spiro atoms. The quantitative estimate of drug-likeness (QED) is 0.846. The first-order valence-corrected chi connectivity index (χ1v) is 6.40. The molecule has 2 atom stereocenters. The minimum Gasteiger partial charge on any atom is -0.310 e. The third-order valence-corrected chi connectivity index (χ3v) is 3.64. The fraction of sp³-hybridized carbons (Fsp3) is 0.600. The molecule has 0 saturated heterocycles. The van der Waals surface area contributed by atoms with Gasteiger partial charge in [0.1, 0.15) is 11.6 Å². The maximum absolute atomic E-state index is 13.6. The zero-order valence-corrected chi connectivity index (χ0v) is 11.8. The van der Waals surface area contributed by atoms with Gasteiger partial charge in [0.15, 0.2) is 0 Å². The monoisotopic (exact) mass is 255 g/mol. The van der Waals surface area contributed by atoms with Crippen molar-refractivity contribution in [3.8, 4) is 0 Å². The first-order chi connectivity index (χ1) is 8.23. The van der Waals surface area contributed by atoms with Crippen molar-refractivity contribution in [1.82, 2.24) is 5.32 Å². The summed E-state index contributed by atoms with van der Waals surface area (Å²) in [6.45, 7) is 11.1. The Labute approximate surface area is 109 Å². The number of nitrogens with one attached hydrogen (secondary N) is 1. The summed E-state index contributed by atoms with van der Waals surface area (Å²) < 4.78 is 27.2. The van der Waals surface area contributed by atoms with Gasteiger partial charge in [0.25, 0.3) is 0 Å². The zero-order chi connectivity index (χ0) is 13.9. The van der Waals surface area contributed by atoms with Gasteiger partial charge >= 0.3 is 0 Å². The molecule has 1 rings (SSSR count). The van der Waals surface area contributed by atoms with Crippen molar-refractivity contribution in [3.63, 3.8) is 0 Å². The van der Waals surface area contributed by atoms with Gasteiger partial charge in [0.05, 0.1) is 0 Å². The highest BCUT2D eigenvalue weighted by Gasteiger charge is 2.22. The summed E-state index contributed by atoms with van der Waals surface area (Å²) in [6, 6.07) is 3.66. The molecule has 18 heavy (non-hydrogen) atoms. The van der Waals surface area contributed by atoms with E-state index in [4.69, 9.17) is 0 Å². The van der Waals surface area contributed by atoms with Crippen molar-refractivity contribution in [2.75, 3.05) is 6.54 Å². The largest absolute Gasteiger partial charge is 0.310 e. The molecule has 1 nitrogen and oxygen atoms in total. The van der Waals surface area contributed by atoms with Crippen LogP contribution in [-0.2, 0) is 0 Å². The summed E-state index contributed by atoms with van der Waals surface area (Å²) in [6.07, 6.45) is 0. The third-order valence-electron chi connectivity index (χ3n) is 3.64. The Morgan fingerprint density at radius 1 is 1.11 bits per heavy atom. The molecule has 1 aromatic carbocycles. The predicted octanol–water partition coefficient (Wildman–Crippen LogP) is 4.30. The van der Waals surface area contributed by atoms with Crippen molar-refractivity contribution < 1.29 is 8.78 Å². The average molecular weight is 255 g/mol. The summed E-state index contributed by atoms with van der Waals surface area (Å²) >= 11 is 0. The lowest BCUT2D eigenvalue weighted by atomic mass is 9.82.